The van der Waals surface area contributed by atoms with E-state index in [0.29, 0.717) is 12.1 Å². The smallest absolute Gasteiger partial charge is 0.337 e. The number of nitrogens with one attached hydrogen (secondary N) is 1. The lowest BCUT2D eigenvalue weighted by molar-refractivity contribution is 0.0698. The van der Waals surface area contributed by atoms with Crippen LogP contribution in [0.3, 0.4) is 0 Å². The largest absolute Gasteiger partial charge is 0.478 e. The molecule has 0 amide bonds. The number of rotatable bonds is 4. The molecule has 0 aliphatic heterocycles. The van der Waals surface area contributed by atoms with Crippen LogP contribution in [0.5, 0.6) is 0 Å². The molecule has 1 saturated carbocycles. The van der Waals surface area contributed by atoms with E-state index < -0.39 is 17.1 Å². The molecule has 2 aromatic rings. The van der Waals surface area contributed by atoms with Crippen molar-refractivity contribution >= 4 is 28.8 Å². The number of para-hydroxylation sites is 1. The molecule has 0 atom stereocenters. The van der Waals surface area contributed by atoms with E-state index in [1.165, 1.54) is 10.6 Å². The topological polar surface area (TPSA) is 92.2 Å². The molecule has 1 aliphatic carbocycles. The van der Waals surface area contributed by atoms with Crippen LogP contribution in [0.4, 0.5) is 0 Å². The van der Waals surface area contributed by atoms with Gasteiger partial charge >= 0.3 is 17.1 Å². The first-order valence-corrected chi connectivity index (χ1v) is 7.74. The molecule has 7 heteroatoms. The summed E-state index contributed by atoms with van der Waals surface area (Å²) in [4.78, 5) is 37.8. The fourth-order valence-corrected chi connectivity index (χ4v) is 3.28. The van der Waals surface area contributed by atoms with Crippen LogP contribution in [0.15, 0.2) is 27.8 Å². The predicted octanol–water partition coefficient (Wildman–Crippen LogP) is 1.28. The molecular weight excluding hydrogens is 292 g/mol. The van der Waals surface area contributed by atoms with Crippen LogP contribution in [0.25, 0.3) is 11.0 Å². The fourth-order valence-electron chi connectivity index (χ4n) is 2.51. The van der Waals surface area contributed by atoms with Gasteiger partial charge in [0, 0.05) is 11.3 Å². The van der Waals surface area contributed by atoms with Gasteiger partial charge in [0.2, 0.25) is 0 Å². The van der Waals surface area contributed by atoms with Crippen LogP contribution in [0, 0.1) is 0 Å². The summed E-state index contributed by atoms with van der Waals surface area (Å²) in [5.41, 5.74) is -0.734. The SMILES string of the molecule is CSC1(Cn2c(=O)c(=O)[nH]c3cccc(C(=O)O)c32)CC1. The normalized spacial score (nSPS) is 16.0. The van der Waals surface area contributed by atoms with Gasteiger partial charge in [0.1, 0.15) is 0 Å². The molecule has 0 unspecified atom stereocenters. The van der Waals surface area contributed by atoms with Gasteiger partial charge in [0.15, 0.2) is 0 Å². The van der Waals surface area contributed by atoms with Gasteiger partial charge in [-0.2, -0.15) is 11.8 Å². The second kappa shape index (κ2) is 4.77. The zero-order chi connectivity index (χ0) is 15.2. The Morgan fingerprint density at radius 2 is 2.14 bits per heavy atom. The molecule has 0 saturated heterocycles. The number of thioether (sulfide) groups is 1. The standard InChI is InChI=1S/C14H14N2O4S/c1-21-14(5-6-14)7-16-10-8(13(19)20)3-2-4-9(10)15-11(17)12(16)18/h2-4H,5-7H2,1H3,(H,15,17)(H,19,20). The summed E-state index contributed by atoms with van der Waals surface area (Å²) in [6, 6.07) is 4.60. The van der Waals surface area contributed by atoms with Crippen LogP contribution in [0.1, 0.15) is 23.2 Å². The first-order valence-electron chi connectivity index (χ1n) is 6.52. The lowest BCUT2D eigenvalue weighted by Crippen LogP contribution is -2.39. The first-order chi connectivity index (χ1) is 9.97. The number of aromatic nitrogens is 2. The number of H-pyrrole nitrogens is 1. The molecule has 0 spiro atoms. The lowest BCUT2D eigenvalue weighted by Gasteiger charge is -2.17. The van der Waals surface area contributed by atoms with Crippen molar-refractivity contribution in [1.82, 2.24) is 9.55 Å². The fraction of sp³-hybridized carbons (Fsp3) is 0.357. The molecule has 21 heavy (non-hydrogen) atoms. The minimum Gasteiger partial charge on any atom is -0.478 e. The van der Waals surface area contributed by atoms with Gasteiger partial charge in [0.05, 0.1) is 16.6 Å². The van der Waals surface area contributed by atoms with Gasteiger partial charge in [-0.15, -0.1) is 0 Å². The van der Waals surface area contributed by atoms with Crippen molar-refractivity contribution in [3.63, 3.8) is 0 Å². The van der Waals surface area contributed by atoms with Crippen molar-refractivity contribution in [1.29, 1.82) is 0 Å². The van der Waals surface area contributed by atoms with Crippen molar-refractivity contribution in [2.75, 3.05) is 6.26 Å². The Morgan fingerprint density at radius 3 is 2.71 bits per heavy atom. The van der Waals surface area contributed by atoms with Crippen LogP contribution >= 0.6 is 11.8 Å². The summed E-state index contributed by atoms with van der Waals surface area (Å²) in [7, 11) is 0. The van der Waals surface area contributed by atoms with Crippen LogP contribution in [-0.4, -0.2) is 31.6 Å². The van der Waals surface area contributed by atoms with Gasteiger partial charge < -0.3 is 10.1 Å². The highest BCUT2D eigenvalue weighted by atomic mass is 32.2. The number of benzene rings is 1. The van der Waals surface area contributed by atoms with Crippen LogP contribution in [0.2, 0.25) is 0 Å². The molecule has 1 aromatic heterocycles. The summed E-state index contributed by atoms with van der Waals surface area (Å²) < 4.78 is 1.26. The van der Waals surface area contributed by atoms with Gasteiger partial charge in [0.25, 0.3) is 0 Å². The molecule has 0 radical (unpaired) electrons. The second-order valence-electron chi connectivity index (χ2n) is 5.24. The van der Waals surface area contributed by atoms with Crippen molar-refractivity contribution in [2.24, 2.45) is 0 Å². The molecular formula is C14H14N2O4S. The molecule has 1 aromatic carbocycles. The maximum Gasteiger partial charge on any atom is 0.337 e. The number of hydrogen-bond donors (Lipinski definition) is 2. The summed E-state index contributed by atoms with van der Waals surface area (Å²) in [6.45, 7) is 0.359. The van der Waals surface area contributed by atoms with Crippen LogP contribution < -0.4 is 11.1 Å². The molecule has 1 fully saturated rings. The highest BCUT2D eigenvalue weighted by Gasteiger charge is 2.43. The monoisotopic (exact) mass is 306 g/mol. The molecule has 3 rings (SSSR count). The highest BCUT2D eigenvalue weighted by Crippen LogP contribution is 2.48. The van der Waals surface area contributed by atoms with Crippen molar-refractivity contribution in [2.45, 2.75) is 24.1 Å². The van der Waals surface area contributed by atoms with E-state index in [1.807, 2.05) is 6.26 Å². The van der Waals surface area contributed by atoms with E-state index in [4.69, 9.17) is 0 Å². The number of carbonyl (C=O) groups is 1. The van der Waals surface area contributed by atoms with E-state index in [2.05, 4.69) is 4.98 Å². The first kappa shape index (κ1) is 13.9. The maximum atomic E-state index is 12.2. The average molecular weight is 306 g/mol. The van der Waals surface area contributed by atoms with Gasteiger partial charge in [-0.25, -0.2) is 4.79 Å². The van der Waals surface area contributed by atoms with Crippen LogP contribution in [-0.2, 0) is 6.54 Å². The average Bonchev–Trinajstić information content (AvgIpc) is 3.23. The van der Waals surface area contributed by atoms with Crippen molar-refractivity contribution in [3.05, 3.63) is 44.5 Å². The quantitative estimate of drug-likeness (QED) is 0.830. The van der Waals surface area contributed by atoms with Gasteiger partial charge in [-0.3, -0.25) is 14.2 Å². The van der Waals surface area contributed by atoms with Gasteiger partial charge in [-0.1, -0.05) is 6.07 Å². The zero-order valence-electron chi connectivity index (χ0n) is 11.4. The minimum atomic E-state index is -1.12. The number of nitrogens with zero attached hydrogens (tertiary/aromatic N) is 1. The number of fused-ring (bicyclic) bond motifs is 1. The number of hydrogen-bond acceptors (Lipinski definition) is 4. The Morgan fingerprint density at radius 1 is 1.43 bits per heavy atom. The number of carboxylic acid groups (broad SMARTS) is 1. The molecule has 2 N–H and O–H groups in total. The predicted molar refractivity (Wildman–Crippen MR) is 81.3 cm³/mol. The van der Waals surface area contributed by atoms with E-state index in [9.17, 15) is 19.5 Å². The molecule has 1 aliphatic rings. The third-order valence-electron chi connectivity index (χ3n) is 3.91. The third kappa shape index (κ3) is 2.27. The lowest BCUT2D eigenvalue weighted by atomic mass is 10.1. The Hall–Kier alpha value is -2.02. The summed E-state index contributed by atoms with van der Waals surface area (Å²) in [5.74, 6) is -1.12. The molecule has 0 bridgehead atoms. The number of aromatic carboxylic acids is 1. The Kier molecular flexibility index (Phi) is 3.16. The van der Waals surface area contributed by atoms with Crippen molar-refractivity contribution < 1.29 is 9.90 Å². The Labute approximate surface area is 123 Å². The van der Waals surface area contributed by atoms with Gasteiger partial charge in [-0.05, 0) is 31.2 Å². The summed E-state index contributed by atoms with van der Waals surface area (Å²) >= 11 is 1.65. The van der Waals surface area contributed by atoms with E-state index in [-0.39, 0.29) is 15.8 Å². The maximum absolute atomic E-state index is 12.2. The van der Waals surface area contributed by atoms with E-state index in [1.54, 1.807) is 23.9 Å². The van der Waals surface area contributed by atoms with Crippen molar-refractivity contribution in [3.8, 4) is 0 Å². The zero-order valence-corrected chi connectivity index (χ0v) is 12.2. The Balaban J connectivity index is 2.34. The molecule has 1 heterocycles. The third-order valence-corrected chi connectivity index (χ3v) is 5.31. The molecule has 110 valence electrons. The van der Waals surface area contributed by atoms with E-state index in [0.717, 1.165) is 12.8 Å². The molecule has 6 nitrogen and oxygen atoms in total. The van der Waals surface area contributed by atoms with E-state index >= 15 is 0 Å². The minimum absolute atomic E-state index is 0.0257. The number of aromatic amines is 1. The summed E-state index contributed by atoms with van der Waals surface area (Å²) in [5, 5.41) is 9.33. The second-order valence-corrected chi connectivity index (χ2v) is 6.51. The Bertz CT molecular complexity index is 848. The summed E-state index contributed by atoms with van der Waals surface area (Å²) in [6.07, 6.45) is 3.89. The number of carboxylic acids is 1. The highest BCUT2D eigenvalue weighted by molar-refractivity contribution is 8.00.